The zero-order chi connectivity index (χ0) is 11.2. The molecule has 2 atom stereocenters. The molecule has 1 fully saturated rings. The van der Waals surface area contributed by atoms with E-state index in [1.54, 1.807) is 0 Å². The third-order valence-electron chi connectivity index (χ3n) is 3.75. The van der Waals surface area contributed by atoms with Gasteiger partial charge in [0.15, 0.2) is 0 Å². The van der Waals surface area contributed by atoms with E-state index in [4.69, 9.17) is 0 Å². The Balaban J connectivity index is 1.71. The number of pyridine rings is 1. The zero-order valence-corrected chi connectivity index (χ0v) is 10.2. The molecular formula is C14H22N2. The van der Waals surface area contributed by atoms with Crippen LogP contribution in [0.5, 0.6) is 0 Å². The minimum absolute atomic E-state index is 0.880. The first-order valence-electron chi connectivity index (χ1n) is 6.46. The van der Waals surface area contributed by atoms with E-state index in [0.717, 1.165) is 24.9 Å². The lowest BCUT2D eigenvalue weighted by molar-refractivity contribution is 0.247. The van der Waals surface area contributed by atoms with Gasteiger partial charge in [0.25, 0.3) is 0 Å². The first-order valence-corrected chi connectivity index (χ1v) is 6.46. The van der Waals surface area contributed by atoms with E-state index in [0.29, 0.717) is 0 Å². The molecule has 16 heavy (non-hydrogen) atoms. The molecule has 0 aliphatic heterocycles. The molecule has 88 valence electrons. The predicted molar refractivity (Wildman–Crippen MR) is 67.1 cm³/mol. The minimum atomic E-state index is 0.880. The van der Waals surface area contributed by atoms with Gasteiger partial charge in [0.2, 0.25) is 0 Å². The molecule has 1 aliphatic rings. The highest BCUT2D eigenvalue weighted by Gasteiger charge is 2.20. The van der Waals surface area contributed by atoms with E-state index in [9.17, 15) is 0 Å². The van der Waals surface area contributed by atoms with E-state index in [1.807, 2.05) is 18.5 Å². The zero-order valence-electron chi connectivity index (χ0n) is 10.2. The smallest absolute Gasteiger partial charge is 0.0312 e. The molecule has 1 aromatic heterocycles. The van der Waals surface area contributed by atoms with Gasteiger partial charge < -0.3 is 5.32 Å². The van der Waals surface area contributed by atoms with Gasteiger partial charge in [0.1, 0.15) is 0 Å². The van der Waals surface area contributed by atoms with Gasteiger partial charge in [-0.1, -0.05) is 32.3 Å². The first kappa shape index (κ1) is 11.6. The van der Waals surface area contributed by atoms with Crippen molar-refractivity contribution in [1.82, 2.24) is 10.3 Å². The molecule has 0 saturated heterocycles. The SMILES string of the molecule is CC1CCCCC1CNCc1cccnc1. The molecule has 2 nitrogen and oxygen atoms in total. The van der Waals surface area contributed by atoms with E-state index >= 15 is 0 Å². The summed E-state index contributed by atoms with van der Waals surface area (Å²) in [6.07, 6.45) is 9.44. The summed E-state index contributed by atoms with van der Waals surface area (Å²) in [7, 11) is 0. The van der Waals surface area contributed by atoms with Gasteiger partial charge in [-0.25, -0.2) is 0 Å². The van der Waals surface area contributed by atoms with Crippen molar-refractivity contribution in [3.8, 4) is 0 Å². The number of rotatable bonds is 4. The van der Waals surface area contributed by atoms with Crippen molar-refractivity contribution in [2.24, 2.45) is 11.8 Å². The standard InChI is InChI=1S/C14H22N2/c1-12-5-2-3-7-14(12)11-16-10-13-6-4-8-15-9-13/h4,6,8-9,12,14,16H,2-3,5,7,10-11H2,1H3. The Kier molecular flexibility index (Phi) is 4.34. The summed E-state index contributed by atoms with van der Waals surface area (Å²) in [6, 6.07) is 4.13. The number of nitrogens with zero attached hydrogens (tertiary/aromatic N) is 1. The van der Waals surface area contributed by atoms with Crippen LogP contribution in [0.1, 0.15) is 38.2 Å². The van der Waals surface area contributed by atoms with Crippen LogP contribution in [-0.4, -0.2) is 11.5 Å². The molecule has 1 saturated carbocycles. The first-order chi connectivity index (χ1) is 7.86. The molecule has 2 unspecified atom stereocenters. The average molecular weight is 218 g/mol. The maximum absolute atomic E-state index is 4.13. The Hall–Kier alpha value is -0.890. The van der Waals surface area contributed by atoms with Gasteiger partial charge in [-0.3, -0.25) is 4.98 Å². The maximum atomic E-state index is 4.13. The van der Waals surface area contributed by atoms with E-state index < -0.39 is 0 Å². The van der Waals surface area contributed by atoms with Crippen molar-refractivity contribution in [2.45, 2.75) is 39.2 Å². The number of aromatic nitrogens is 1. The summed E-state index contributed by atoms with van der Waals surface area (Å²) in [5.41, 5.74) is 1.28. The van der Waals surface area contributed by atoms with Gasteiger partial charge in [0, 0.05) is 18.9 Å². The third-order valence-corrected chi connectivity index (χ3v) is 3.75. The Morgan fingerprint density at radius 1 is 1.38 bits per heavy atom. The lowest BCUT2D eigenvalue weighted by Gasteiger charge is -2.28. The van der Waals surface area contributed by atoms with Gasteiger partial charge >= 0.3 is 0 Å². The summed E-state index contributed by atoms with van der Waals surface area (Å²) in [6.45, 7) is 4.52. The molecular weight excluding hydrogens is 196 g/mol. The lowest BCUT2D eigenvalue weighted by Crippen LogP contribution is -2.29. The molecule has 0 spiro atoms. The Morgan fingerprint density at radius 2 is 2.25 bits per heavy atom. The second kappa shape index (κ2) is 6.00. The highest BCUT2D eigenvalue weighted by Crippen LogP contribution is 2.28. The number of hydrogen-bond donors (Lipinski definition) is 1. The summed E-state index contributed by atoms with van der Waals surface area (Å²) >= 11 is 0. The Bertz CT molecular complexity index is 297. The number of nitrogens with one attached hydrogen (secondary N) is 1. The second-order valence-corrected chi connectivity index (χ2v) is 5.01. The third kappa shape index (κ3) is 3.31. The van der Waals surface area contributed by atoms with Crippen LogP contribution in [0.3, 0.4) is 0 Å². The van der Waals surface area contributed by atoms with Crippen molar-refractivity contribution < 1.29 is 0 Å². The van der Waals surface area contributed by atoms with Crippen LogP contribution in [-0.2, 0) is 6.54 Å². The highest BCUT2D eigenvalue weighted by molar-refractivity contribution is 5.07. The van der Waals surface area contributed by atoms with Gasteiger partial charge in [0.05, 0.1) is 0 Å². The van der Waals surface area contributed by atoms with Crippen molar-refractivity contribution >= 4 is 0 Å². The predicted octanol–water partition coefficient (Wildman–Crippen LogP) is 3.00. The molecule has 0 radical (unpaired) electrons. The largest absolute Gasteiger partial charge is 0.312 e. The van der Waals surface area contributed by atoms with Gasteiger partial charge in [-0.15, -0.1) is 0 Å². The minimum Gasteiger partial charge on any atom is -0.312 e. The van der Waals surface area contributed by atoms with Gasteiger partial charge in [-0.2, -0.15) is 0 Å². The molecule has 1 heterocycles. The Labute approximate surface area is 98.5 Å². The van der Waals surface area contributed by atoms with Crippen LogP contribution < -0.4 is 5.32 Å². The van der Waals surface area contributed by atoms with E-state index in [-0.39, 0.29) is 0 Å². The van der Waals surface area contributed by atoms with Crippen molar-refractivity contribution in [2.75, 3.05) is 6.54 Å². The van der Waals surface area contributed by atoms with E-state index in [1.165, 1.54) is 31.2 Å². The molecule has 1 aromatic rings. The summed E-state index contributed by atoms with van der Waals surface area (Å²) in [4.78, 5) is 4.13. The van der Waals surface area contributed by atoms with Crippen LogP contribution in [0, 0.1) is 11.8 Å². The molecule has 0 bridgehead atoms. The molecule has 1 N–H and O–H groups in total. The van der Waals surface area contributed by atoms with Crippen LogP contribution in [0.25, 0.3) is 0 Å². The van der Waals surface area contributed by atoms with Gasteiger partial charge in [-0.05, 0) is 36.4 Å². The molecule has 2 heteroatoms. The fourth-order valence-corrected chi connectivity index (χ4v) is 2.60. The summed E-state index contributed by atoms with van der Waals surface area (Å²) in [5, 5.41) is 3.56. The van der Waals surface area contributed by atoms with Crippen molar-refractivity contribution in [3.05, 3.63) is 30.1 Å². The summed E-state index contributed by atoms with van der Waals surface area (Å²) < 4.78 is 0. The molecule has 0 aromatic carbocycles. The average Bonchev–Trinajstić information content (AvgIpc) is 2.33. The lowest BCUT2D eigenvalue weighted by atomic mass is 9.80. The van der Waals surface area contributed by atoms with Crippen LogP contribution in [0.2, 0.25) is 0 Å². The molecule has 2 rings (SSSR count). The topological polar surface area (TPSA) is 24.9 Å². The highest BCUT2D eigenvalue weighted by atomic mass is 14.9. The number of hydrogen-bond acceptors (Lipinski definition) is 2. The fourth-order valence-electron chi connectivity index (χ4n) is 2.60. The monoisotopic (exact) mass is 218 g/mol. The van der Waals surface area contributed by atoms with Crippen LogP contribution >= 0.6 is 0 Å². The van der Waals surface area contributed by atoms with Crippen molar-refractivity contribution in [1.29, 1.82) is 0 Å². The van der Waals surface area contributed by atoms with Crippen molar-refractivity contribution in [3.63, 3.8) is 0 Å². The maximum Gasteiger partial charge on any atom is 0.0312 e. The Morgan fingerprint density at radius 3 is 3.00 bits per heavy atom. The summed E-state index contributed by atoms with van der Waals surface area (Å²) in [5.74, 6) is 1.78. The van der Waals surface area contributed by atoms with Crippen LogP contribution in [0.15, 0.2) is 24.5 Å². The fraction of sp³-hybridized carbons (Fsp3) is 0.643. The second-order valence-electron chi connectivity index (χ2n) is 5.01. The van der Waals surface area contributed by atoms with E-state index in [2.05, 4.69) is 23.3 Å². The normalized spacial score (nSPS) is 25.6. The quantitative estimate of drug-likeness (QED) is 0.840. The van der Waals surface area contributed by atoms with Crippen LogP contribution in [0.4, 0.5) is 0 Å². The molecule has 0 amide bonds. The molecule has 1 aliphatic carbocycles.